The van der Waals surface area contributed by atoms with Crippen LogP contribution in [0, 0.1) is 6.92 Å². The Morgan fingerprint density at radius 3 is 2.41 bits per heavy atom. The van der Waals surface area contributed by atoms with E-state index in [0.717, 1.165) is 11.4 Å². The van der Waals surface area contributed by atoms with Crippen molar-refractivity contribution in [3.63, 3.8) is 0 Å². The van der Waals surface area contributed by atoms with E-state index in [4.69, 9.17) is 4.74 Å². The summed E-state index contributed by atoms with van der Waals surface area (Å²) in [4.78, 5) is 8.72. The standard InChI is InChI=1S/C13H15N3O/c1-9-4-6-10(7-5-9)13-15-11(14-2)8-12(16-13)17-3/h4-8H,1-3H3,(H,14,15,16). The second-order valence-electron chi connectivity index (χ2n) is 3.74. The highest BCUT2D eigenvalue weighted by molar-refractivity contribution is 5.58. The number of hydrogen-bond donors (Lipinski definition) is 1. The first kappa shape index (κ1) is 11.4. The largest absolute Gasteiger partial charge is 0.481 e. The summed E-state index contributed by atoms with van der Waals surface area (Å²) in [5.74, 6) is 1.96. The topological polar surface area (TPSA) is 47.0 Å². The van der Waals surface area contributed by atoms with Crippen LogP contribution in [-0.4, -0.2) is 24.1 Å². The first-order chi connectivity index (χ1) is 8.22. The Morgan fingerprint density at radius 2 is 1.82 bits per heavy atom. The lowest BCUT2D eigenvalue weighted by Crippen LogP contribution is -1.99. The third-order valence-corrected chi connectivity index (χ3v) is 2.48. The molecular formula is C13H15N3O. The van der Waals surface area contributed by atoms with Gasteiger partial charge in [0.25, 0.3) is 0 Å². The Labute approximate surface area is 101 Å². The van der Waals surface area contributed by atoms with Gasteiger partial charge in [-0.3, -0.25) is 0 Å². The first-order valence-corrected chi connectivity index (χ1v) is 5.41. The molecule has 1 aromatic carbocycles. The van der Waals surface area contributed by atoms with Crippen molar-refractivity contribution in [1.82, 2.24) is 9.97 Å². The van der Waals surface area contributed by atoms with Crippen LogP contribution in [0.3, 0.4) is 0 Å². The van der Waals surface area contributed by atoms with Crippen LogP contribution in [0.5, 0.6) is 5.88 Å². The molecule has 2 rings (SSSR count). The summed E-state index contributed by atoms with van der Waals surface area (Å²) in [6, 6.07) is 9.85. The second kappa shape index (κ2) is 4.82. The molecule has 1 N–H and O–H groups in total. The molecule has 4 heteroatoms. The van der Waals surface area contributed by atoms with Gasteiger partial charge in [-0.2, -0.15) is 4.98 Å². The fourth-order valence-electron chi connectivity index (χ4n) is 1.49. The van der Waals surface area contributed by atoms with Crippen LogP contribution in [0.2, 0.25) is 0 Å². The molecule has 88 valence electrons. The fourth-order valence-corrected chi connectivity index (χ4v) is 1.49. The highest BCUT2D eigenvalue weighted by Crippen LogP contribution is 2.21. The van der Waals surface area contributed by atoms with Gasteiger partial charge in [-0.1, -0.05) is 29.8 Å². The van der Waals surface area contributed by atoms with E-state index in [2.05, 4.69) is 22.2 Å². The Bertz CT molecular complexity index is 486. The highest BCUT2D eigenvalue weighted by Gasteiger charge is 2.06. The number of methoxy groups -OCH3 is 1. The van der Waals surface area contributed by atoms with E-state index in [1.165, 1.54) is 5.56 Å². The molecule has 1 aromatic heterocycles. The number of ether oxygens (including phenoxy) is 1. The molecule has 0 fully saturated rings. The highest BCUT2D eigenvalue weighted by atomic mass is 16.5. The van der Waals surface area contributed by atoms with Gasteiger partial charge in [-0.05, 0) is 6.92 Å². The minimum absolute atomic E-state index is 0.555. The van der Waals surface area contributed by atoms with Gasteiger partial charge in [-0.25, -0.2) is 4.98 Å². The SMILES string of the molecule is CNc1cc(OC)nc(-c2ccc(C)cc2)n1. The monoisotopic (exact) mass is 229 g/mol. The Balaban J connectivity index is 2.46. The van der Waals surface area contributed by atoms with Crippen molar-refractivity contribution in [2.75, 3.05) is 19.5 Å². The molecule has 0 atom stereocenters. The number of rotatable bonds is 3. The number of anilines is 1. The van der Waals surface area contributed by atoms with Crippen LogP contribution in [0.25, 0.3) is 11.4 Å². The molecule has 0 aliphatic rings. The molecule has 0 amide bonds. The quantitative estimate of drug-likeness (QED) is 0.878. The average molecular weight is 229 g/mol. The molecule has 0 aliphatic heterocycles. The van der Waals surface area contributed by atoms with E-state index in [0.29, 0.717) is 11.7 Å². The van der Waals surface area contributed by atoms with Crippen molar-refractivity contribution >= 4 is 5.82 Å². The predicted octanol–water partition coefficient (Wildman–Crippen LogP) is 2.50. The molecule has 0 saturated carbocycles. The van der Waals surface area contributed by atoms with Crippen molar-refractivity contribution < 1.29 is 4.74 Å². The number of aryl methyl sites for hydroxylation is 1. The lowest BCUT2D eigenvalue weighted by molar-refractivity contribution is 0.398. The zero-order valence-electron chi connectivity index (χ0n) is 10.2. The van der Waals surface area contributed by atoms with E-state index in [9.17, 15) is 0 Å². The van der Waals surface area contributed by atoms with Gasteiger partial charge in [0.1, 0.15) is 5.82 Å². The van der Waals surface area contributed by atoms with Gasteiger partial charge >= 0.3 is 0 Å². The average Bonchev–Trinajstić information content (AvgIpc) is 2.39. The minimum atomic E-state index is 0.555. The Kier molecular flexibility index (Phi) is 3.23. The van der Waals surface area contributed by atoms with Crippen LogP contribution >= 0.6 is 0 Å². The summed E-state index contributed by atoms with van der Waals surface area (Å²) >= 11 is 0. The van der Waals surface area contributed by atoms with Crippen molar-refractivity contribution in [3.8, 4) is 17.3 Å². The predicted molar refractivity (Wildman–Crippen MR) is 68.3 cm³/mol. The van der Waals surface area contributed by atoms with Crippen molar-refractivity contribution in [2.24, 2.45) is 0 Å². The third kappa shape index (κ3) is 2.53. The number of benzene rings is 1. The number of aromatic nitrogens is 2. The molecule has 1 heterocycles. The lowest BCUT2D eigenvalue weighted by Gasteiger charge is -2.07. The first-order valence-electron chi connectivity index (χ1n) is 5.41. The maximum Gasteiger partial charge on any atom is 0.218 e. The maximum absolute atomic E-state index is 5.15. The summed E-state index contributed by atoms with van der Waals surface area (Å²) in [5.41, 5.74) is 2.19. The molecule has 17 heavy (non-hydrogen) atoms. The molecule has 0 spiro atoms. The zero-order valence-corrected chi connectivity index (χ0v) is 10.2. The lowest BCUT2D eigenvalue weighted by atomic mass is 10.1. The van der Waals surface area contributed by atoms with Gasteiger partial charge in [0, 0.05) is 18.7 Å². The zero-order chi connectivity index (χ0) is 12.3. The Hall–Kier alpha value is -2.10. The second-order valence-corrected chi connectivity index (χ2v) is 3.74. The normalized spacial score (nSPS) is 10.1. The number of nitrogens with one attached hydrogen (secondary N) is 1. The van der Waals surface area contributed by atoms with E-state index in [1.807, 2.05) is 31.3 Å². The van der Waals surface area contributed by atoms with E-state index in [-0.39, 0.29) is 0 Å². The summed E-state index contributed by atoms with van der Waals surface area (Å²) in [7, 11) is 3.42. The molecular weight excluding hydrogens is 214 g/mol. The van der Waals surface area contributed by atoms with Gasteiger partial charge in [0.2, 0.25) is 5.88 Å². The van der Waals surface area contributed by atoms with Crippen LogP contribution in [0.4, 0.5) is 5.82 Å². The van der Waals surface area contributed by atoms with E-state index >= 15 is 0 Å². The maximum atomic E-state index is 5.15. The molecule has 0 bridgehead atoms. The third-order valence-electron chi connectivity index (χ3n) is 2.48. The summed E-state index contributed by atoms with van der Waals surface area (Å²) in [6.45, 7) is 2.05. The van der Waals surface area contributed by atoms with Crippen molar-refractivity contribution in [1.29, 1.82) is 0 Å². The van der Waals surface area contributed by atoms with E-state index < -0.39 is 0 Å². The molecule has 2 aromatic rings. The van der Waals surface area contributed by atoms with Crippen molar-refractivity contribution in [3.05, 3.63) is 35.9 Å². The number of hydrogen-bond acceptors (Lipinski definition) is 4. The van der Waals surface area contributed by atoms with Crippen LogP contribution in [0.15, 0.2) is 30.3 Å². The summed E-state index contributed by atoms with van der Waals surface area (Å²) in [5, 5.41) is 2.99. The van der Waals surface area contributed by atoms with Gasteiger partial charge in [-0.15, -0.1) is 0 Å². The minimum Gasteiger partial charge on any atom is -0.481 e. The van der Waals surface area contributed by atoms with Crippen LogP contribution < -0.4 is 10.1 Å². The van der Waals surface area contributed by atoms with Crippen LogP contribution in [0.1, 0.15) is 5.56 Å². The molecule has 4 nitrogen and oxygen atoms in total. The fraction of sp³-hybridized carbons (Fsp3) is 0.231. The van der Waals surface area contributed by atoms with Gasteiger partial charge < -0.3 is 10.1 Å². The Morgan fingerprint density at radius 1 is 1.12 bits per heavy atom. The van der Waals surface area contributed by atoms with Crippen molar-refractivity contribution in [2.45, 2.75) is 6.92 Å². The van der Waals surface area contributed by atoms with Gasteiger partial charge in [0.05, 0.1) is 7.11 Å². The van der Waals surface area contributed by atoms with E-state index in [1.54, 1.807) is 13.2 Å². The van der Waals surface area contributed by atoms with Crippen LogP contribution in [-0.2, 0) is 0 Å². The molecule has 0 radical (unpaired) electrons. The molecule has 0 saturated heterocycles. The molecule has 0 aliphatic carbocycles. The summed E-state index contributed by atoms with van der Waals surface area (Å²) in [6.07, 6.45) is 0. The van der Waals surface area contributed by atoms with Gasteiger partial charge in [0.15, 0.2) is 5.82 Å². The number of nitrogens with zero attached hydrogens (tertiary/aromatic N) is 2. The summed E-state index contributed by atoms with van der Waals surface area (Å²) < 4.78 is 5.15. The smallest absolute Gasteiger partial charge is 0.218 e. The molecule has 0 unspecified atom stereocenters.